The summed E-state index contributed by atoms with van der Waals surface area (Å²) in [6.45, 7) is 1.37. The van der Waals surface area contributed by atoms with Crippen molar-refractivity contribution >= 4 is 28.4 Å². The summed E-state index contributed by atoms with van der Waals surface area (Å²) in [6, 6.07) is 13.3. The Bertz CT molecular complexity index is 900. The molecule has 0 saturated carbocycles. The Hall–Kier alpha value is -2.95. The second-order valence-corrected chi connectivity index (χ2v) is 5.29. The van der Waals surface area contributed by atoms with Gasteiger partial charge in [0.15, 0.2) is 0 Å². The Kier molecular flexibility index (Phi) is 3.70. The zero-order chi connectivity index (χ0) is 16.6. The highest BCUT2D eigenvalue weighted by Crippen LogP contribution is 2.25. The number of hydrogen-bond donors (Lipinski definition) is 0. The second-order valence-electron chi connectivity index (χ2n) is 5.29. The van der Waals surface area contributed by atoms with Crippen molar-refractivity contribution in [3.63, 3.8) is 0 Å². The molecule has 0 aliphatic carbocycles. The summed E-state index contributed by atoms with van der Waals surface area (Å²) in [5.74, 6) is -0.983. The van der Waals surface area contributed by atoms with Crippen LogP contribution < -0.4 is 4.90 Å². The first-order chi connectivity index (χ1) is 11.0. The standard InChI is InChI=1S/C18H15FN2O2/c1-12(22)21-11-16(15-9-8-13(19)10-17(15)21)18(23)20(2)14-6-4-3-5-7-14/h3-11H,1-2H3. The number of aromatic nitrogens is 1. The Morgan fingerprint density at radius 1 is 1.09 bits per heavy atom. The fourth-order valence-electron chi connectivity index (χ4n) is 2.58. The van der Waals surface area contributed by atoms with E-state index in [0.29, 0.717) is 16.5 Å². The van der Waals surface area contributed by atoms with Crippen LogP contribution >= 0.6 is 0 Å². The smallest absolute Gasteiger partial charge is 0.260 e. The molecule has 0 atom stereocenters. The van der Waals surface area contributed by atoms with Crippen molar-refractivity contribution in [1.29, 1.82) is 0 Å². The van der Waals surface area contributed by atoms with E-state index in [9.17, 15) is 14.0 Å². The molecule has 0 radical (unpaired) electrons. The van der Waals surface area contributed by atoms with Gasteiger partial charge in [0.2, 0.25) is 5.91 Å². The highest BCUT2D eigenvalue weighted by molar-refractivity contribution is 6.15. The van der Waals surface area contributed by atoms with Crippen LogP contribution in [0.15, 0.2) is 54.7 Å². The molecule has 116 valence electrons. The van der Waals surface area contributed by atoms with Crippen LogP contribution in [0, 0.1) is 5.82 Å². The number of anilines is 1. The van der Waals surface area contributed by atoms with Gasteiger partial charge in [0.05, 0.1) is 11.1 Å². The number of benzene rings is 2. The van der Waals surface area contributed by atoms with Crippen molar-refractivity contribution in [2.45, 2.75) is 6.92 Å². The molecule has 5 heteroatoms. The van der Waals surface area contributed by atoms with Gasteiger partial charge in [0.1, 0.15) is 5.82 Å². The summed E-state index contributed by atoms with van der Waals surface area (Å²) in [7, 11) is 1.66. The molecule has 0 aliphatic rings. The van der Waals surface area contributed by atoms with Gasteiger partial charge in [-0.25, -0.2) is 4.39 Å². The van der Waals surface area contributed by atoms with Crippen LogP contribution in [0.5, 0.6) is 0 Å². The molecule has 3 rings (SSSR count). The largest absolute Gasteiger partial charge is 0.311 e. The third-order valence-electron chi connectivity index (χ3n) is 3.79. The van der Waals surface area contributed by atoms with Crippen LogP contribution in [0.25, 0.3) is 10.9 Å². The van der Waals surface area contributed by atoms with Gasteiger partial charge in [0, 0.05) is 31.2 Å². The van der Waals surface area contributed by atoms with Crippen molar-refractivity contribution < 1.29 is 14.0 Å². The molecule has 0 spiro atoms. The molecule has 0 bridgehead atoms. The molecule has 0 aliphatic heterocycles. The van der Waals surface area contributed by atoms with Crippen molar-refractivity contribution in [2.24, 2.45) is 0 Å². The van der Waals surface area contributed by atoms with E-state index in [1.54, 1.807) is 7.05 Å². The number of amides is 1. The van der Waals surface area contributed by atoms with Gasteiger partial charge in [-0.2, -0.15) is 0 Å². The molecule has 1 heterocycles. The van der Waals surface area contributed by atoms with Crippen LogP contribution in [-0.2, 0) is 0 Å². The minimum absolute atomic E-state index is 0.257. The summed E-state index contributed by atoms with van der Waals surface area (Å²) in [6.07, 6.45) is 1.47. The van der Waals surface area contributed by atoms with Crippen LogP contribution in [0.3, 0.4) is 0 Å². The summed E-state index contributed by atoms with van der Waals surface area (Å²) in [4.78, 5) is 26.1. The van der Waals surface area contributed by atoms with Gasteiger partial charge in [-0.15, -0.1) is 0 Å². The summed E-state index contributed by atoms with van der Waals surface area (Å²) >= 11 is 0. The van der Waals surface area contributed by atoms with Crippen LogP contribution in [-0.4, -0.2) is 23.4 Å². The van der Waals surface area contributed by atoms with Gasteiger partial charge in [-0.3, -0.25) is 14.2 Å². The second kappa shape index (κ2) is 5.68. The lowest BCUT2D eigenvalue weighted by atomic mass is 10.1. The molecule has 1 aromatic heterocycles. The van der Waals surface area contributed by atoms with Gasteiger partial charge in [-0.1, -0.05) is 18.2 Å². The minimum atomic E-state index is -0.450. The van der Waals surface area contributed by atoms with E-state index in [1.807, 2.05) is 30.3 Å². The molecule has 3 aromatic rings. The Morgan fingerprint density at radius 2 is 1.78 bits per heavy atom. The first-order valence-electron chi connectivity index (χ1n) is 7.13. The van der Waals surface area contributed by atoms with Gasteiger partial charge >= 0.3 is 0 Å². The van der Waals surface area contributed by atoms with E-state index in [-0.39, 0.29) is 11.8 Å². The third kappa shape index (κ3) is 2.61. The molecule has 2 aromatic carbocycles. The van der Waals surface area contributed by atoms with Gasteiger partial charge in [0.25, 0.3) is 5.91 Å². The predicted molar refractivity (Wildman–Crippen MR) is 87.4 cm³/mol. The molecule has 1 amide bonds. The van der Waals surface area contributed by atoms with E-state index in [0.717, 1.165) is 5.69 Å². The Morgan fingerprint density at radius 3 is 2.43 bits per heavy atom. The zero-order valence-corrected chi connectivity index (χ0v) is 12.8. The lowest BCUT2D eigenvalue weighted by molar-refractivity contribution is 0.0941. The van der Waals surface area contributed by atoms with E-state index >= 15 is 0 Å². The summed E-state index contributed by atoms with van der Waals surface area (Å²) in [5, 5.41) is 0.550. The van der Waals surface area contributed by atoms with E-state index in [1.165, 1.54) is 40.8 Å². The molecule has 0 unspecified atom stereocenters. The fourth-order valence-corrected chi connectivity index (χ4v) is 2.58. The van der Waals surface area contributed by atoms with Crippen molar-refractivity contribution in [1.82, 2.24) is 4.57 Å². The number of fused-ring (bicyclic) bond motifs is 1. The first-order valence-corrected chi connectivity index (χ1v) is 7.13. The van der Waals surface area contributed by atoms with Gasteiger partial charge in [-0.05, 0) is 30.3 Å². The molecule has 0 fully saturated rings. The lowest BCUT2D eigenvalue weighted by Gasteiger charge is -2.16. The summed E-state index contributed by atoms with van der Waals surface area (Å²) in [5.41, 5.74) is 1.49. The average Bonchev–Trinajstić information content (AvgIpc) is 2.93. The number of carbonyl (C=O) groups excluding carboxylic acids is 2. The number of para-hydroxylation sites is 1. The zero-order valence-electron chi connectivity index (χ0n) is 12.8. The highest BCUT2D eigenvalue weighted by atomic mass is 19.1. The van der Waals surface area contributed by atoms with Gasteiger partial charge < -0.3 is 4.90 Å². The maximum absolute atomic E-state index is 13.5. The Balaban J connectivity index is 2.13. The number of rotatable bonds is 2. The lowest BCUT2D eigenvalue weighted by Crippen LogP contribution is -2.26. The SMILES string of the molecule is CC(=O)n1cc(C(=O)N(C)c2ccccc2)c2ccc(F)cc21. The van der Waals surface area contributed by atoms with Crippen molar-refractivity contribution in [2.75, 3.05) is 11.9 Å². The maximum Gasteiger partial charge on any atom is 0.260 e. The highest BCUT2D eigenvalue weighted by Gasteiger charge is 2.21. The molecular formula is C18H15FN2O2. The maximum atomic E-state index is 13.5. The first kappa shape index (κ1) is 15.0. The van der Waals surface area contributed by atoms with E-state index in [2.05, 4.69) is 0 Å². The van der Waals surface area contributed by atoms with Crippen molar-refractivity contribution in [3.8, 4) is 0 Å². The van der Waals surface area contributed by atoms with Crippen molar-refractivity contribution in [3.05, 3.63) is 66.1 Å². The number of carbonyl (C=O) groups is 2. The van der Waals surface area contributed by atoms with Crippen LogP contribution in [0.2, 0.25) is 0 Å². The number of hydrogen-bond acceptors (Lipinski definition) is 2. The third-order valence-corrected chi connectivity index (χ3v) is 3.79. The average molecular weight is 310 g/mol. The Labute approximate surface area is 132 Å². The van der Waals surface area contributed by atoms with E-state index < -0.39 is 5.82 Å². The predicted octanol–water partition coefficient (Wildman–Crippen LogP) is 3.72. The molecule has 4 nitrogen and oxygen atoms in total. The minimum Gasteiger partial charge on any atom is -0.311 e. The molecule has 23 heavy (non-hydrogen) atoms. The molecular weight excluding hydrogens is 295 g/mol. The molecule has 0 saturated heterocycles. The topological polar surface area (TPSA) is 42.3 Å². The quantitative estimate of drug-likeness (QED) is 0.724. The van der Waals surface area contributed by atoms with E-state index in [4.69, 9.17) is 0 Å². The fraction of sp³-hybridized carbons (Fsp3) is 0.111. The normalized spacial score (nSPS) is 10.7. The van der Waals surface area contributed by atoms with Crippen LogP contribution in [0.4, 0.5) is 10.1 Å². The molecule has 0 N–H and O–H groups in total. The van der Waals surface area contributed by atoms with Crippen LogP contribution in [0.1, 0.15) is 22.1 Å². The number of nitrogens with zero attached hydrogens (tertiary/aromatic N) is 2. The summed E-state index contributed by atoms with van der Waals surface area (Å²) < 4.78 is 14.8. The number of halogens is 1. The monoisotopic (exact) mass is 310 g/mol.